The molecule has 0 aliphatic rings. The van der Waals surface area contributed by atoms with Crippen LogP contribution in [0.5, 0.6) is 0 Å². The molecule has 164 valence electrons. The number of aromatic nitrogens is 2. The lowest BCUT2D eigenvalue weighted by molar-refractivity contribution is -0.718. The summed E-state index contributed by atoms with van der Waals surface area (Å²) in [6.45, 7) is 6.90. The van der Waals surface area contributed by atoms with Crippen molar-refractivity contribution in [3.05, 3.63) is 75.8 Å². The lowest BCUT2D eigenvalue weighted by Gasteiger charge is -2.21. The summed E-state index contributed by atoms with van der Waals surface area (Å²) < 4.78 is 1.41. The van der Waals surface area contributed by atoms with Crippen molar-refractivity contribution in [2.24, 2.45) is 11.7 Å². The number of hydrogen-bond donors (Lipinski definition) is 2. The second-order valence-electron chi connectivity index (χ2n) is 8.46. The third-order valence-corrected chi connectivity index (χ3v) is 5.71. The van der Waals surface area contributed by atoms with Gasteiger partial charge in [-0.25, -0.2) is 4.98 Å². The summed E-state index contributed by atoms with van der Waals surface area (Å²) in [5.41, 5.74) is 8.43. The van der Waals surface area contributed by atoms with Crippen LogP contribution in [0.15, 0.2) is 53.3 Å². The van der Waals surface area contributed by atoms with Crippen LogP contribution in [0.4, 0.5) is 0 Å². The molecule has 0 aliphatic carbocycles. The number of para-hydroxylation sites is 1. The maximum atomic E-state index is 13.0. The molecule has 0 saturated heterocycles. The molecule has 1 heterocycles. The lowest BCUT2D eigenvalue weighted by Crippen LogP contribution is -2.85. The van der Waals surface area contributed by atoms with Crippen molar-refractivity contribution in [3.8, 4) is 0 Å². The highest BCUT2D eigenvalue weighted by Gasteiger charge is 2.21. The molecule has 31 heavy (non-hydrogen) atoms. The molecule has 0 unspecified atom stereocenters. The van der Waals surface area contributed by atoms with Gasteiger partial charge in [-0.2, -0.15) is 0 Å². The molecule has 1 atom stereocenters. The van der Waals surface area contributed by atoms with Crippen LogP contribution >= 0.6 is 0 Å². The van der Waals surface area contributed by atoms with Crippen LogP contribution in [-0.2, 0) is 24.3 Å². The molecule has 0 aliphatic heterocycles. The molecule has 2 aromatic carbocycles. The van der Waals surface area contributed by atoms with Crippen molar-refractivity contribution in [2.45, 2.75) is 59.2 Å². The summed E-state index contributed by atoms with van der Waals surface area (Å²) in [4.78, 5) is 29.3. The van der Waals surface area contributed by atoms with Gasteiger partial charge < -0.3 is 11.1 Å². The van der Waals surface area contributed by atoms with Gasteiger partial charge in [0.05, 0.1) is 10.9 Å². The van der Waals surface area contributed by atoms with Crippen LogP contribution in [0.2, 0.25) is 0 Å². The Hall–Kier alpha value is -2.99. The second-order valence-corrected chi connectivity index (χ2v) is 8.46. The van der Waals surface area contributed by atoms with Gasteiger partial charge in [0.2, 0.25) is 5.91 Å². The first-order chi connectivity index (χ1) is 14.9. The maximum Gasteiger partial charge on any atom is 0.262 e. The van der Waals surface area contributed by atoms with Gasteiger partial charge >= 0.3 is 0 Å². The Labute approximate surface area is 183 Å². The van der Waals surface area contributed by atoms with Gasteiger partial charge in [0.15, 0.2) is 5.82 Å². The predicted molar refractivity (Wildman–Crippen MR) is 123 cm³/mol. The van der Waals surface area contributed by atoms with Crippen molar-refractivity contribution in [2.75, 3.05) is 0 Å². The van der Waals surface area contributed by atoms with E-state index in [9.17, 15) is 9.59 Å². The van der Waals surface area contributed by atoms with E-state index in [2.05, 4.69) is 55.3 Å². The van der Waals surface area contributed by atoms with Crippen LogP contribution in [0.1, 0.15) is 56.6 Å². The number of benzene rings is 2. The number of aryl methyl sites for hydroxylation is 1. The minimum absolute atomic E-state index is 0.168. The number of nitrogens with two attached hydrogens (primary N) is 2. The SMILES string of the molecule is CCCCc1ccc([C@@H]([NH2+]Cc2nc3ccccc3c(=O)n2CC(N)=O)C(C)C)cc1. The number of amides is 1. The second kappa shape index (κ2) is 10.4. The Morgan fingerprint density at radius 3 is 2.48 bits per heavy atom. The highest BCUT2D eigenvalue weighted by molar-refractivity contribution is 5.78. The van der Waals surface area contributed by atoms with E-state index in [1.165, 1.54) is 28.5 Å². The first kappa shape index (κ1) is 22.7. The zero-order valence-corrected chi connectivity index (χ0v) is 18.7. The number of hydrogen-bond acceptors (Lipinski definition) is 3. The molecule has 0 saturated carbocycles. The van der Waals surface area contributed by atoms with Gasteiger partial charge in [-0.1, -0.05) is 63.6 Å². The molecule has 0 spiro atoms. The van der Waals surface area contributed by atoms with Crippen molar-refractivity contribution in [3.63, 3.8) is 0 Å². The Morgan fingerprint density at radius 1 is 1.13 bits per heavy atom. The molecular formula is C25H33N4O2+. The van der Waals surface area contributed by atoms with Crippen LogP contribution in [-0.4, -0.2) is 15.5 Å². The summed E-state index contributed by atoms with van der Waals surface area (Å²) in [6.07, 6.45) is 3.49. The largest absolute Gasteiger partial charge is 0.368 e. The first-order valence-corrected chi connectivity index (χ1v) is 11.1. The molecule has 4 N–H and O–H groups in total. The van der Waals surface area contributed by atoms with E-state index in [4.69, 9.17) is 5.73 Å². The topological polar surface area (TPSA) is 94.6 Å². The molecule has 0 bridgehead atoms. The molecule has 1 aromatic heterocycles. The predicted octanol–water partition coefficient (Wildman–Crippen LogP) is 2.69. The van der Waals surface area contributed by atoms with E-state index < -0.39 is 5.91 Å². The van der Waals surface area contributed by atoms with Gasteiger partial charge in [-0.15, -0.1) is 0 Å². The zero-order chi connectivity index (χ0) is 22.4. The highest BCUT2D eigenvalue weighted by Crippen LogP contribution is 2.19. The normalized spacial score (nSPS) is 12.4. The number of primary amides is 1. The summed E-state index contributed by atoms with van der Waals surface area (Å²) in [7, 11) is 0. The molecule has 0 fully saturated rings. The average molecular weight is 422 g/mol. The Kier molecular flexibility index (Phi) is 7.58. The number of quaternary nitrogens is 1. The fourth-order valence-electron chi connectivity index (χ4n) is 4.00. The monoisotopic (exact) mass is 421 g/mol. The zero-order valence-electron chi connectivity index (χ0n) is 18.7. The summed E-state index contributed by atoms with van der Waals surface area (Å²) in [5.74, 6) is 0.398. The number of nitrogens with zero attached hydrogens (tertiary/aromatic N) is 2. The third-order valence-electron chi connectivity index (χ3n) is 5.71. The van der Waals surface area contributed by atoms with Crippen LogP contribution in [0.3, 0.4) is 0 Å². The highest BCUT2D eigenvalue weighted by atomic mass is 16.2. The molecule has 0 radical (unpaired) electrons. The standard InChI is InChI=1S/C25H32N4O2/c1-4-5-8-18-11-13-19(14-12-18)24(17(2)3)27-15-23-28-21-10-7-6-9-20(21)25(31)29(23)16-22(26)30/h6-7,9-14,17,24,27H,4-5,8,15-16H2,1-3H3,(H2,26,30)/p+1/t24-/m0/s1. The van der Waals surface area contributed by atoms with Crippen molar-refractivity contribution >= 4 is 16.8 Å². The van der Waals surface area contributed by atoms with Gasteiger partial charge in [-0.05, 0) is 30.5 Å². The molecule has 6 nitrogen and oxygen atoms in total. The summed E-state index contributed by atoms with van der Waals surface area (Å²) in [5, 5.41) is 2.69. The number of carbonyl (C=O) groups excluding carboxylic acids is 1. The van der Waals surface area contributed by atoms with Gasteiger partial charge in [0.1, 0.15) is 19.1 Å². The van der Waals surface area contributed by atoms with Crippen LogP contribution in [0.25, 0.3) is 10.9 Å². The minimum atomic E-state index is -0.552. The van der Waals surface area contributed by atoms with E-state index in [-0.39, 0.29) is 18.1 Å². The van der Waals surface area contributed by atoms with Gasteiger partial charge in [0, 0.05) is 11.5 Å². The first-order valence-electron chi connectivity index (χ1n) is 11.1. The quantitative estimate of drug-likeness (QED) is 0.527. The number of carbonyl (C=O) groups is 1. The summed E-state index contributed by atoms with van der Waals surface area (Å²) >= 11 is 0. The number of unbranched alkanes of at least 4 members (excludes halogenated alkanes) is 1. The van der Waals surface area contributed by atoms with Crippen molar-refractivity contribution < 1.29 is 10.1 Å². The summed E-state index contributed by atoms with van der Waals surface area (Å²) in [6, 6.07) is 16.3. The Balaban J connectivity index is 1.88. The van der Waals surface area contributed by atoms with Gasteiger partial charge in [0.25, 0.3) is 5.56 Å². The van der Waals surface area contributed by atoms with E-state index in [1.807, 2.05) is 12.1 Å². The fraction of sp³-hybridized carbons (Fsp3) is 0.400. The minimum Gasteiger partial charge on any atom is -0.368 e. The van der Waals surface area contributed by atoms with E-state index in [0.29, 0.717) is 29.2 Å². The molecule has 6 heteroatoms. The van der Waals surface area contributed by atoms with E-state index >= 15 is 0 Å². The Morgan fingerprint density at radius 2 is 1.84 bits per heavy atom. The van der Waals surface area contributed by atoms with Gasteiger partial charge in [-0.3, -0.25) is 14.2 Å². The van der Waals surface area contributed by atoms with Crippen LogP contribution < -0.4 is 16.6 Å². The Bertz CT molecular complexity index is 1090. The molecule has 1 amide bonds. The molecule has 3 rings (SSSR count). The number of fused-ring (bicyclic) bond motifs is 1. The fourth-order valence-corrected chi connectivity index (χ4v) is 4.00. The molecular weight excluding hydrogens is 388 g/mol. The van der Waals surface area contributed by atoms with E-state index in [0.717, 1.165) is 6.42 Å². The van der Waals surface area contributed by atoms with Crippen molar-refractivity contribution in [1.29, 1.82) is 0 Å². The third kappa shape index (κ3) is 5.58. The smallest absolute Gasteiger partial charge is 0.262 e. The number of rotatable bonds is 10. The molecule has 3 aromatic rings. The van der Waals surface area contributed by atoms with Crippen molar-refractivity contribution in [1.82, 2.24) is 9.55 Å². The maximum absolute atomic E-state index is 13.0. The lowest BCUT2D eigenvalue weighted by atomic mass is 9.94. The van der Waals surface area contributed by atoms with Crippen LogP contribution in [0, 0.1) is 5.92 Å². The van der Waals surface area contributed by atoms with E-state index in [1.54, 1.807) is 12.1 Å². The average Bonchev–Trinajstić information content (AvgIpc) is 2.75.